The second-order valence-corrected chi connectivity index (χ2v) is 23.2. The fourth-order valence-corrected chi connectivity index (χ4v) is 14.0. The van der Waals surface area contributed by atoms with Crippen LogP contribution in [0.4, 0.5) is 26.2 Å². The molecule has 11 rings (SSSR count). The van der Waals surface area contributed by atoms with Gasteiger partial charge in [-0.25, -0.2) is 18.7 Å². The van der Waals surface area contributed by atoms with Crippen LogP contribution in [-0.2, 0) is 31.2 Å². The number of carbonyl (C=O) groups excluding carboxylic acids is 2. The van der Waals surface area contributed by atoms with Crippen molar-refractivity contribution in [1.82, 2.24) is 44.6 Å². The molecule has 3 aromatic heterocycles. The van der Waals surface area contributed by atoms with Crippen molar-refractivity contribution in [3.05, 3.63) is 93.7 Å². The Morgan fingerprint density at radius 1 is 0.932 bits per heavy atom. The highest BCUT2D eigenvalue weighted by Gasteiger charge is 2.64. The number of amides is 2. The third-order valence-electron chi connectivity index (χ3n) is 17.4. The van der Waals surface area contributed by atoms with Gasteiger partial charge in [-0.05, 0) is 92.2 Å². The number of hydrogen-bond donors (Lipinski definition) is 1. The monoisotopic (exact) mass is 1010 g/mol. The summed E-state index contributed by atoms with van der Waals surface area (Å²) in [4.78, 5) is 44.6. The van der Waals surface area contributed by atoms with Crippen molar-refractivity contribution in [1.29, 1.82) is 5.26 Å². The van der Waals surface area contributed by atoms with Gasteiger partial charge in [0.1, 0.15) is 17.9 Å². The van der Waals surface area contributed by atoms with Crippen molar-refractivity contribution in [2.45, 2.75) is 130 Å². The number of carbonyl (C=O) groups is 2. The smallest absolute Gasteiger partial charge is 0.264 e. The molecule has 4 fully saturated rings. The van der Waals surface area contributed by atoms with E-state index in [0.29, 0.717) is 70.1 Å². The van der Waals surface area contributed by atoms with Crippen LogP contribution in [0.2, 0.25) is 5.02 Å². The summed E-state index contributed by atoms with van der Waals surface area (Å²) in [6.45, 7) is 15.6. The first-order chi connectivity index (χ1) is 34.9. The molecule has 1 spiro atoms. The first-order valence-corrected chi connectivity index (χ1v) is 26.4. The van der Waals surface area contributed by atoms with Crippen molar-refractivity contribution >= 4 is 40.9 Å². The molecule has 5 aromatic rings. The van der Waals surface area contributed by atoms with Crippen LogP contribution >= 0.6 is 11.6 Å². The highest BCUT2D eigenvalue weighted by atomic mass is 35.5. The minimum atomic E-state index is -2.66. The summed E-state index contributed by atoms with van der Waals surface area (Å²) < 4.78 is 39.9. The average molecular weight is 1020 g/mol. The Kier molecular flexibility index (Phi) is 12.6. The van der Waals surface area contributed by atoms with Crippen LogP contribution in [0.15, 0.2) is 55.1 Å². The topological polar surface area (TPSA) is 154 Å². The van der Waals surface area contributed by atoms with Crippen LogP contribution < -0.4 is 19.9 Å². The number of piperidine rings is 1. The molecule has 73 heavy (non-hydrogen) atoms. The van der Waals surface area contributed by atoms with E-state index in [2.05, 4.69) is 73.5 Å². The van der Waals surface area contributed by atoms with E-state index in [1.807, 2.05) is 11.0 Å². The maximum Gasteiger partial charge on any atom is 0.264 e. The summed E-state index contributed by atoms with van der Waals surface area (Å²) in [7, 11) is 1.79. The first kappa shape index (κ1) is 49.1. The predicted molar refractivity (Wildman–Crippen MR) is 274 cm³/mol. The first-order valence-electron chi connectivity index (χ1n) is 26.0. The zero-order valence-corrected chi connectivity index (χ0v) is 43.4. The lowest BCUT2D eigenvalue weighted by Gasteiger charge is -2.63. The molecule has 0 radical (unpaired) electrons. The van der Waals surface area contributed by atoms with E-state index in [4.69, 9.17) is 21.4 Å². The normalized spacial score (nSPS) is 22.6. The van der Waals surface area contributed by atoms with Crippen molar-refractivity contribution in [3.8, 4) is 22.9 Å². The molecule has 2 aliphatic carbocycles. The van der Waals surface area contributed by atoms with Crippen LogP contribution in [0.5, 0.6) is 5.75 Å². The van der Waals surface area contributed by atoms with Gasteiger partial charge in [0.2, 0.25) is 11.9 Å². The molecule has 1 N–H and O–H groups in total. The third-order valence-corrected chi connectivity index (χ3v) is 17.7. The van der Waals surface area contributed by atoms with Gasteiger partial charge in [-0.1, -0.05) is 39.3 Å². The molecule has 0 atom stereocenters. The van der Waals surface area contributed by atoms with Gasteiger partial charge in [0.25, 0.3) is 12.3 Å². The van der Waals surface area contributed by atoms with E-state index < -0.39 is 17.3 Å². The number of rotatable bonds is 10. The predicted octanol–water partition coefficient (Wildman–Crippen LogP) is 9.22. The highest BCUT2D eigenvalue weighted by Crippen LogP contribution is 2.56. The molecule has 6 aliphatic rings. The third kappa shape index (κ3) is 8.79. The fourth-order valence-electron chi connectivity index (χ4n) is 13.8. The van der Waals surface area contributed by atoms with Crippen LogP contribution in [-0.4, -0.2) is 109 Å². The number of aromatic nitrogens is 6. The minimum absolute atomic E-state index is 0.00741. The van der Waals surface area contributed by atoms with Gasteiger partial charge < -0.3 is 24.8 Å². The Bertz CT molecular complexity index is 2960. The van der Waals surface area contributed by atoms with Crippen LogP contribution in [0.1, 0.15) is 130 Å². The van der Waals surface area contributed by atoms with Gasteiger partial charge in [0.05, 0.1) is 34.9 Å². The molecule has 2 saturated carbocycles. The summed E-state index contributed by atoms with van der Waals surface area (Å²) in [5.74, 6) is 1.84. The van der Waals surface area contributed by atoms with E-state index in [0.717, 1.165) is 107 Å². The molecule has 7 heterocycles. The molecule has 0 unspecified atom stereocenters. The number of alkyl halides is 2. The summed E-state index contributed by atoms with van der Waals surface area (Å²) in [5.41, 5.74) is 5.55. The van der Waals surface area contributed by atoms with Crippen molar-refractivity contribution in [2.24, 2.45) is 23.3 Å². The molecule has 2 amide bonds. The Morgan fingerprint density at radius 2 is 1.66 bits per heavy atom. The lowest BCUT2D eigenvalue weighted by atomic mass is 9.49. The van der Waals surface area contributed by atoms with E-state index in [1.54, 1.807) is 67.7 Å². The fraction of sp³-hybridized carbons (Fsp3) is 0.545. The number of anilines is 3. The number of ether oxygens (including phenoxy) is 1. The summed E-state index contributed by atoms with van der Waals surface area (Å²) in [5, 5.41) is 22.5. The second kappa shape index (κ2) is 18.7. The molecule has 15 nitrogen and oxygen atoms in total. The van der Waals surface area contributed by atoms with Gasteiger partial charge in [0.15, 0.2) is 5.82 Å². The molecule has 2 aromatic carbocycles. The van der Waals surface area contributed by atoms with E-state index >= 15 is 0 Å². The number of benzene rings is 2. The summed E-state index contributed by atoms with van der Waals surface area (Å²) in [6.07, 6.45) is 12.6. The number of nitrogens with one attached hydrogen (secondary N) is 1. The van der Waals surface area contributed by atoms with Gasteiger partial charge in [-0.3, -0.25) is 23.9 Å². The van der Waals surface area contributed by atoms with Crippen molar-refractivity contribution < 1.29 is 23.1 Å². The van der Waals surface area contributed by atoms with Gasteiger partial charge in [0, 0.05) is 135 Å². The number of halogens is 3. The Hall–Kier alpha value is -6.12. The number of nitriles is 1. The molecule has 18 heteroatoms. The summed E-state index contributed by atoms with van der Waals surface area (Å²) >= 11 is 6.28. The highest BCUT2D eigenvalue weighted by molar-refractivity contribution is 6.31. The van der Waals surface area contributed by atoms with Gasteiger partial charge >= 0.3 is 0 Å². The van der Waals surface area contributed by atoms with Crippen LogP contribution in [0.3, 0.4) is 0 Å². The van der Waals surface area contributed by atoms with E-state index in [9.17, 15) is 23.6 Å². The standard InChI is InChI=1S/C55H65ClF2N12O3/c1-33(71)67-21-15-45-43(30-67)48(69-18-7-8-34-22-41(37-28-62-65(6)29-37)42(47(57)58)24-46(34)69)64-70(45)39-11-16-55(17-12-39)31-68(32-55)38-13-19-66(20-14-38)52-60-26-36(27-61-52)49(72)63-50-53(2,3)51(54(50,4)5)73-40-10-9-35(25-59)44(56)23-40/h9-10,22-24,26-29,38-39,47,50-51H,7-8,11-21,30-32H2,1-6H3,(H,63,72). The Balaban J connectivity index is 0.696. The minimum Gasteiger partial charge on any atom is -0.489 e. The largest absolute Gasteiger partial charge is 0.489 e. The Morgan fingerprint density at radius 3 is 2.30 bits per heavy atom. The van der Waals surface area contributed by atoms with Crippen LogP contribution in [0, 0.1) is 27.6 Å². The van der Waals surface area contributed by atoms with Crippen molar-refractivity contribution in [2.75, 3.05) is 49.1 Å². The van der Waals surface area contributed by atoms with E-state index in [-0.39, 0.29) is 35.6 Å². The number of fused-ring (bicyclic) bond motifs is 2. The molecule has 384 valence electrons. The molecular formula is C55H65ClF2N12O3. The lowest BCUT2D eigenvalue weighted by Crippen LogP contribution is -2.74. The summed E-state index contributed by atoms with van der Waals surface area (Å²) in [6, 6.07) is 11.3. The second-order valence-electron chi connectivity index (χ2n) is 22.8. The van der Waals surface area contributed by atoms with Crippen LogP contribution in [0.25, 0.3) is 11.1 Å². The maximum absolute atomic E-state index is 14.8. The molecule has 2 saturated heterocycles. The zero-order chi connectivity index (χ0) is 51.1. The maximum atomic E-state index is 14.8. The van der Waals surface area contributed by atoms with Gasteiger partial charge in [-0.2, -0.15) is 15.5 Å². The Labute approximate surface area is 430 Å². The molecule has 0 bridgehead atoms. The molecule has 4 aliphatic heterocycles. The van der Waals surface area contributed by atoms with E-state index in [1.165, 1.54) is 5.69 Å². The SMILES string of the molecule is CC(=O)N1CCc2c(c(N3CCCc4cc(-c5cnn(C)c5)c(C(F)F)cc43)nn2C2CCC3(CC2)CN(C2CCN(c4ncc(C(=O)NC5C(C)(C)C(Oc6ccc(C#N)c(Cl)c6)C5(C)C)cn4)CC2)C3)C1. The quantitative estimate of drug-likeness (QED) is 0.143. The number of nitrogens with zero attached hydrogens (tertiary/aromatic N) is 11. The number of aryl methyl sites for hydroxylation is 2. The zero-order valence-electron chi connectivity index (χ0n) is 42.7. The number of hydrogen-bond acceptors (Lipinski definition) is 11. The molecular weight excluding hydrogens is 950 g/mol. The van der Waals surface area contributed by atoms with Gasteiger partial charge in [-0.15, -0.1) is 0 Å². The number of likely N-dealkylation sites (tertiary alicyclic amines) is 1. The lowest BCUT2D eigenvalue weighted by molar-refractivity contribution is -0.164. The van der Waals surface area contributed by atoms with Crippen molar-refractivity contribution in [3.63, 3.8) is 0 Å². The average Bonchev–Trinajstić information content (AvgIpc) is 3.99.